The molecule has 0 heterocycles. The maximum Gasteiger partial charge on any atom is 0.534 e. The van der Waals surface area contributed by atoms with Crippen LogP contribution in [0.15, 0.2) is 12.3 Å². The third-order valence-electron chi connectivity index (χ3n) is 2.82. The predicted molar refractivity (Wildman–Crippen MR) is 72.4 cm³/mol. The van der Waals surface area contributed by atoms with Gasteiger partial charge in [0.1, 0.15) is 5.76 Å². The summed E-state index contributed by atoms with van der Waals surface area (Å²) in [5.41, 5.74) is -5.39. The number of hydrogen-bond acceptors (Lipinski definition) is 3. The summed E-state index contributed by atoms with van der Waals surface area (Å²) in [7, 11) is -5.55. The van der Waals surface area contributed by atoms with E-state index in [0.29, 0.717) is 6.42 Å². The normalized spacial score (nSPS) is 12.4. The summed E-state index contributed by atoms with van der Waals surface area (Å²) in [4.78, 5) is 0. The molecule has 120 valence electrons. The summed E-state index contributed by atoms with van der Waals surface area (Å²) in [5.74, 6) is -0.353. The minimum atomic E-state index is -5.55. The summed E-state index contributed by atoms with van der Waals surface area (Å²) in [6, 6.07) is 0. The molecule has 7 heteroatoms. The maximum absolute atomic E-state index is 12.0. The largest absolute Gasteiger partial charge is 0.534 e. The van der Waals surface area contributed by atoms with Gasteiger partial charge in [-0.15, -0.1) is 0 Å². The van der Waals surface area contributed by atoms with E-state index < -0.39 is 15.6 Å². The van der Waals surface area contributed by atoms with Gasteiger partial charge in [-0.25, -0.2) is 0 Å². The fourth-order valence-electron chi connectivity index (χ4n) is 1.70. The summed E-state index contributed by atoms with van der Waals surface area (Å²) in [5, 5.41) is 0. The van der Waals surface area contributed by atoms with E-state index in [1.165, 1.54) is 19.3 Å². The summed E-state index contributed by atoms with van der Waals surface area (Å²) in [6.45, 7) is 5.35. The lowest BCUT2D eigenvalue weighted by Crippen LogP contribution is -2.25. The molecular weight excluding hydrogens is 293 g/mol. The van der Waals surface area contributed by atoms with Crippen LogP contribution < -0.4 is 0 Å². The zero-order valence-corrected chi connectivity index (χ0v) is 12.7. The molecule has 0 aliphatic carbocycles. The fraction of sp³-hybridized carbons (Fsp3) is 0.846. The van der Waals surface area contributed by atoms with E-state index in [0.717, 1.165) is 25.7 Å². The maximum atomic E-state index is 12.0. The van der Waals surface area contributed by atoms with E-state index in [9.17, 15) is 21.6 Å². The third kappa shape index (κ3) is 8.45. The summed E-state index contributed by atoms with van der Waals surface area (Å²) >= 11 is 0. The Morgan fingerprint density at radius 1 is 1.00 bits per heavy atom. The van der Waals surface area contributed by atoms with Gasteiger partial charge in [-0.2, -0.15) is 21.6 Å². The molecule has 0 amide bonds. The van der Waals surface area contributed by atoms with E-state index in [1.807, 2.05) is 0 Å². The van der Waals surface area contributed by atoms with Crippen molar-refractivity contribution in [1.82, 2.24) is 0 Å². The van der Waals surface area contributed by atoms with E-state index in [2.05, 4.69) is 17.7 Å². The van der Waals surface area contributed by atoms with Crippen molar-refractivity contribution in [2.75, 3.05) is 0 Å². The molecule has 0 rings (SSSR count). The average Bonchev–Trinajstić information content (AvgIpc) is 2.30. The second-order valence-electron chi connectivity index (χ2n) is 4.75. The van der Waals surface area contributed by atoms with Crippen LogP contribution in [0, 0.1) is 0 Å². The lowest BCUT2D eigenvalue weighted by atomic mass is 10.1. The van der Waals surface area contributed by atoms with Crippen LogP contribution in [-0.4, -0.2) is 13.9 Å². The Labute approximate surface area is 119 Å². The van der Waals surface area contributed by atoms with Crippen molar-refractivity contribution in [3.8, 4) is 0 Å². The van der Waals surface area contributed by atoms with Gasteiger partial charge in [0.25, 0.3) is 0 Å². The summed E-state index contributed by atoms with van der Waals surface area (Å²) in [6.07, 6.45) is 8.40. The van der Waals surface area contributed by atoms with Crippen LogP contribution >= 0.6 is 0 Å². The molecule has 0 aliphatic rings. The number of allylic oxidation sites excluding steroid dienone is 1. The van der Waals surface area contributed by atoms with Crippen molar-refractivity contribution in [3.05, 3.63) is 12.3 Å². The first-order valence-electron chi connectivity index (χ1n) is 6.89. The van der Waals surface area contributed by atoms with Crippen LogP contribution in [0.2, 0.25) is 0 Å². The minimum absolute atomic E-state index is 0.129. The second kappa shape index (κ2) is 9.26. The Bertz CT molecular complexity index is 375. The molecule has 0 aliphatic heterocycles. The molecule has 3 nitrogen and oxygen atoms in total. The van der Waals surface area contributed by atoms with Crippen molar-refractivity contribution in [1.29, 1.82) is 0 Å². The lowest BCUT2D eigenvalue weighted by Gasteiger charge is -2.11. The number of halogens is 3. The van der Waals surface area contributed by atoms with Gasteiger partial charge in [-0.3, -0.25) is 0 Å². The molecule has 0 spiro atoms. The molecule has 0 bridgehead atoms. The number of rotatable bonds is 11. The van der Waals surface area contributed by atoms with Gasteiger partial charge in [-0.1, -0.05) is 58.4 Å². The predicted octanol–water partition coefficient (Wildman–Crippen LogP) is 4.90. The van der Waals surface area contributed by atoms with Crippen LogP contribution in [0.25, 0.3) is 0 Å². The fourth-order valence-corrected chi connectivity index (χ4v) is 2.19. The van der Waals surface area contributed by atoms with Crippen molar-refractivity contribution >= 4 is 10.1 Å². The van der Waals surface area contributed by atoms with Gasteiger partial charge in [-0.05, 0) is 6.42 Å². The number of hydrogen-bond donors (Lipinski definition) is 0. The molecule has 0 aromatic rings. The molecule has 20 heavy (non-hydrogen) atoms. The van der Waals surface area contributed by atoms with E-state index in [-0.39, 0.29) is 12.2 Å². The molecule has 0 N–H and O–H groups in total. The first-order chi connectivity index (χ1) is 9.20. The standard InChI is InChI=1S/C13H23F3O3S/c1-3-4-5-6-7-8-9-10-11-12(2)19-20(17,18)13(14,15)16/h2-11H2,1H3. The molecular formula is C13H23F3O3S. The smallest absolute Gasteiger partial charge is 0.381 e. The Kier molecular flexibility index (Phi) is 8.93. The first kappa shape index (κ1) is 19.3. The third-order valence-corrected chi connectivity index (χ3v) is 3.84. The molecule has 0 saturated heterocycles. The zero-order valence-electron chi connectivity index (χ0n) is 11.8. The van der Waals surface area contributed by atoms with Gasteiger partial charge in [0.15, 0.2) is 0 Å². The highest BCUT2D eigenvalue weighted by Gasteiger charge is 2.48. The Hall–Kier alpha value is -0.720. The van der Waals surface area contributed by atoms with Crippen molar-refractivity contribution in [2.45, 2.75) is 70.2 Å². The highest BCUT2D eigenvalue weighted by atomic mass is 32.2. The van der Waals surface area contributed by atoms with E-state index in [1.54, 1.807) is 0 Å². The van der Waals surface area contributed by atoms with Gasteiger partial charge in [0.2, 0.25) is 0 Å². The van der Waals surface area contributed by atoms with E-state index in [4.69, 9.17) is 0 Å². The van der Waals surface area contributed by atoms with Gasteiger partial charge in [0, 0.05) is 6.42 Å². The Morgan fingerprint density at radius 3 is 1.90 bits per heavy atom. The molecule has 0 radical (unpaired) electrons. The highest BCUT2D eigenvalue weighted by molar-refractivity contribution is 7.87. The molecule has 0 atom stereocenters. The Balaban J connectivity index is 3.70. The average molecular weight is 316 g/mol. The van der Waals surface area contributed by atoms with Crippen LogP contribution in [0.5, 0.6) is 0 Å². The monoisotopic (exact) mass is 316 g/mol. The van der Waals surface area contributed by atoms with Gasteiger partial charge >= 0.3 is 15.6 Å². The lowest BCUT2D eigenvalue weighted by molar-refractivity contribution is -0.0523. The molecule has 0 fully saturated rings. The van der Waals surface area contributed by atoms with Crippen LogP contribution in [0.3, 0.4) is 0 Å². The first-order valence-corrected chi connectivity index (χ1v) is 8.30. The summed E-state index contributed by atoms with van der Waals surface area (Å²) < 4.78 is 61.4. The molecule has 0 unspecified atom stereocenters. The molecule has 0 saturated carbocycles. The molecule has 0 aromatic carbocycles. The van der Waals surface area contributed by atoms with E-state index >= 15 is 0 Å². The topological polar surface area (TPSA) is 43.4 Å². The Morgan fingerprint density at radius 2 is 1.45 bits per heavy atom. The van der Waals surface area contributed by atoms with Crippen molar-refractivity contribution < 1.29 is 25.8 Å². The zero-order chi connectivity index (χ0) is 15.6. The number of alkyl halides is 3. The minimum Gasteiger partial charge on any atom is -0.381 e. The molecule has 0 aromatic heterocycles. The second-order valence-corrected chi connectivity index (χ2v) is 6.28. The van der Waals surface area contributed by atoms with Crippen LogP contribution in [0.4, 0.5) is 13.2 Å². The van der Waals surface area contributed by atoms with Crippen molar-refractivity contribution in [2.24, 2.45) is 0 Å². The highest BCUT2D eigenvalue weighted by Crippen LogP contribution is 2.27. The van der Waals surface area contributed by atoms with Gasteiger partial charge < -0.3 is 4.18 Å². The SMILES string of the molecule is C=C(CCCCCCCCCC)OS(=O)(=O)C(F)(F)F. The van der Waals surface area contributed by atoms with Crippen molar-refractivity contribution in [3.63, 3.8) is 0 Å². The number of unbranched alkanes of at least 4 members (excludes halogenated alkanes) is 7. The van der Waals surface area contributed by atoms with Crippen LogP contribution in [0.1, 0.15) is 64.7 Å². The van der Waals surface area contributed by atoms with Crippen LogP contribution in [-0.2, 0) is 14.3 Å². The van der Waals surface area contributed by atoms with Gasteiger partial charge in [0.05, 0.1) is 0 Å². The quantitative estimate of drug-likeness (QED) is 0.236.